The van der Waals surface area contributed by atoms with Crippen LogP contribution in [0, 0.1) is 0 Å². The van der Waals surface area contributed by atoms with Crippen molar-refractivity contribution in [2.45, 2.75) is 3.92 Å². The van der Waals surface area contributed by atoms with Crippen LogP contribution in [0.5, 0.6) is 0 Å². The van der Waals surface area contributed by atoms with Gasteiger partial charge in [-0.3, -0.25) is 4.98 Å². The Balaban J connectivity index is 2.17. The number of hydrogen-bond acceptors (Lipinski definition) is 1. The number of aromatic nitrogens is 1. The fourth-order valence-electron chi connectivity index (χ4n) is 2.94. The molecule has 96 valence electrons. The van der Waals surface area contributed by atoms with Gasteiger partial charge >= 0.3 is 0 Å². The Kier molecular flexibility index (Phi) is 2.84. The molecule has 2 heteroatoms. The first-order valence-electron chi connectivity index (χ1n) is 6.63. The van der Waals surface area contributed by atoms with Crippen molar-refractivity contribution in [3.63, 3.8) is 0 Å². The lowest BCUT2D eigenvalue weighted by atomic mass is 9.97. The molecular weight excluding hydrogens is 357 g/mol. The molecule has 1 aromatic heterocycles. The first-order chi connectivity index (χ1) is 9.86. The van der Waals surface area contributed by atoms with E-state index >= 15 is 0 Å². The second-order valence-electron chi connectivity index (χ2n) is 4.96. The van der Waals surface area contributed by atoms with Crippen LogP contribution >= 0.6 is 22.6 Å². The highest BCUT2D eigenvalue weighted by molar-refractivity contribution is 14.1. The average Bonchev–Trinajstić information content (AvgIpc) is 2.64. The molecule has 0 radical (unpaired) electrons. The third-order valence-corrected chi connectivity index (χ3v) is 5.21. The zero-order valence-electron chi connectivity index (χ0n) is 10.8. The minimum Gasteiger partial charge on any atom is -0.264 e. The van der Waals surface area contributed by atoms with Gasteiger partial charge in [-0.15, -0.1) is 0 Å². The van der Waals surface area contributed by atoms with Gasteiger partial charge in [-0.1, -0.05) is 71.1 Å². The molecule has 4 rings (SSSR count). The lowest BCUT2D eigenvalue weighted by molar-refractivity contribution is 1.22. The molecule has 1 unspecified atom stereocenters. The first kappa shape index (κ1) is 12.1. The van der Waals surface area contributed by atoms with Crippen LogP contribution in [0.1, 0.15) is 15.1 Å². The van der Waals surface area contributed by atoms with E-state index in [1.54, 1.807) is 0 Å². The Morgan fingerprint density at radius 3 is 2.00 bits per heavy atom. The molecule has 0 saturated heterocycles. The summed E-state index contributed by atoms with van der Waals surface area (Å²) in [6, 6.07) is 19.5. The largest absolute Gasteiger partial charge is 0.264 e. The highest BCUT2D eigenvalue weighted by Gasteiger charge is 2.24. The summed E-state index contributed by atoms with van der Waals surface area (Å²) >= 11 is 2.54. The molecule has 0 fully saturated rings. The number of pyridine rings is 1. The van der Waals surface area contributed by atoms with E-state index in [2.05, 4.69) is 82.2 Å². The molecule has 3 aromatic rings. The fourth-order valence-corrected chi connectivity index (χ4v) is 4.02. The average molecular weight is 369 g/mol. The Morgan fingerprint density at radius 2 is 1.30 bits per heavy atom. The van der Waals surface area contributed by atoms with Crippen molar-refractivity contribution < 1.29 is 0 Å². The lowest BCUT2D eigenvalue weighted by Crippen LogP contribution is -1.93. The summed E-state index contributed by atoms with van der Waals surface area (Å²) in [5.41, 5.74) is 7.88. The van der Waals surface area contributed by atoms with E-state index in [0.717, 1.165) is 0 Å². The van der Waals surface area contributed by atoms with Gasteiger partial charge in [0.1, 0.15) is 0 Å². The quantitative estimate of drug-likeness (QED) is 0.390. The Bertz CT molecular complexity index is 728. The second kappa shape index (κ2) is 4.70. The molecule has 1 heterocycles. The summed E-state index contributed by atoms with van der Waals surface area (Å²) in [6.07, 6.45) is 3.87. The fraction of sp³-hybridized carbons (Fsp3) is 0.0556. The molecule has 2 aromatic carbocycles. The van der Waals surface area contributed by atoms with Crippen LogP contribution < -0.4 is 0 Å². The van der Waals surface area contributed by atoms with Gasteiger partial charge in [-0.2, -0.15) is 0 Å². The van der Waals surface area contributed by atoms with Crippen LogP contribution in [0.4, 0.5) is 0 Å². The van der Waals surface area contributed by atoms with Crippen molar-refractivity contribution in [3.8, 4) is 22.3 Å². The van der Waals surface area contributed by atoms with Crippen LogP contribution in [-0.4, -0.2) is 4.98 Å². The molecule has 0 aliphatic heterocycles. The highest BCUT2D eigenvalue weighted by atomic mass is 127. The van der Waals surface area contributed by atoms with Crippen molar-refractivity contribution in [3.05, 3.63) is 78.1 Å². The third kappa shape index (κ3) is 1.71. The second-order valence-corrected chi connectivity index (χ2v) is 6.20. The number of benzene rings is 2. The molecule has 0 N–H and O–H groups in total. The zero-order valence-corrected chi connectivity index (χ0v) is 12.9. The number of nitrogens with zero attached hydrogens (tertiary/aromatic N) is 1. The minimum absolute atomic E-state index is 0.368. The number of fused-ring (bicyclic) bond motifs is 5. The molecule has 1 atom stereocenters. The van der Waals surface area contributed by atoms with E-state index in [9.17, 15) is 0 Å². The third-order valence-electron chi connectivity index (χ3n) is 3.87. The summed E-state index contributed by atoms with van der Waals surface area (Å²) in [5, 5.41) is 0. The van der Waals surface area contributed by atoms with Crippen LogP contribution in [0.15, 0.2) is 67.0 Å². The molecule has 0 amide bonds. The van der Waals surface area contributed by atoms with Gasteiger partial charge in [-0.25, -0.2) is 0 Å². The molecule has 0 bridgehead atoms. The lowest BCUT2D eigenvalue weighted by Gasteiger charge is -2.13. The standard InChI is InChI=1S/C18H12IN/c19-18-15-7-3-1-5-12(15)14-9-10-20-11-17(14)13-6-2-4-8-16(13)18/h1-11,18H. The van der Waals surface area contributed by atoms with Crippen molar-refractivity contribution in [1.82, 2.24) is 4.98 Å². The van der Waals surface area contributed by atoms with Gasteiger partial charge < -0.3 is 0 Å². The molecule has 0 saturated carbocycles. The predicted octanol–water partition coefficient (Wildman–Crippen LogP) is 5.25. The van der Waals surface area contributed by atoms with Gasteiger partial charge in [0.05, 0.1) is 3.92 Å². The van der Waals surface area contributed by atoms with Crippen LogP contribution in [0.2, 0.25) is 0 Å². The maximum absolute atomic E-state index is 4.33. The monoisotopic (exact) mass is 369 g/mol. The smallest absolute Gasteiger partial charge is 0.0620 e. The van der Waals surface area contributed by atoms with E-state index in [-0.39, 0.29) is 0 Å². The number of alkyl halides is 1. The summed E-state index contributed by atoms with van der Waals surface area (Å²) in [5.74, 6) is 0. The predicted molar refractivity (Wildman–Crippen MR) is 91.0 cm³/mol. The minimum atomic E-state index is 0.368. The van der Waals surface area contributed by atoms with E-state index in [1.807, 2.05) is 12.4 Å². The van der Waals surface area contributed by atoms with E-state index in [0.29, 0.717) is 3.92 Å². The van der Waals surface area contributed by atoms with Gasteiger partial charge in [-0.05, 0) is 33.9 Å². The Labute approximate surface area is 131 Å². The van der Waals surface area contributed by atoms with Gasteiger partial charge in [0.15, 0.2) is 0 Å². The SMILES string of the molecule is IC1c2ccccc2-c2ccncc2-c2ccccc21. The summed E-state index contributed by atoms with van der Waals surface area (Å²) in [6.45, 7) is 0. The molecule has 1 aliphatic rings. The first-order valence-corrected chi connectivity index (χ1v) is 7.87. The summed E-state index contributed by atoms with van der Waals surface area (Å²) in [7, 11) is 0. The van der Waals surface area contributed by atoms with Crippen molar-refractivity contribution in [2.75, 3.05) is 0 Å². The van der Waals surface area contributed by atoms with Crippen molar-refractivity contribution in [1.29, 1.82) is 0 Å². The van der Waals surface area contributed by atoms with Gasteiger partial charge in [0.2, 0.25) is 0 Å². The molecule has 1 aliphatic carbocycles. The molecular formula is C18H12IN. The highest BCUT2D eigenvalue weighted by Crippen LogP contribution is 2.47. The van der Waals surface area contributed by atoms with Crippen molar-refractivity contribution in [2.24, 2.45) is 0 Å². The Hall–Kier alpha value is -1.68. The van der Waals surface area contributed by atoms with Crippen LogP contribution in [0.3, 0.4) is 0 Å². The van der Waals surface area contributed by atoms with Gasteiger partial charge in [0.25, 0.3) is 0 Å². The normalized spacial score (nSPS) is 15.8. The number of hydrogen-bond donors (Lipinski definition) is 0. The number of rotatable bonds is 0. The zero-order chi connectivity index (χ0) is 13.5. The molecule has 20 heavy (non-hydrogen) atoms. The maximum atomic E-state index is 4.33. The molecule has 1 nitrogen and oxygen atoms in total. The van der Waals surface area contributed by atoms with E-state index in [4.69, 9.17) is 0 Å². The van der Waals surface area contributed by atoms with Crippen molar-refractivity contribution >= 4 is 22.6 Å². The van der Waals surface area contributed by atoms with E-state index < -0.39 is 0 Å². The topological polar surface area (TPSA) is 12.9 Å². The number of halogens is 1. The van der Waals surface area contributed by atoms with Gasteiger partial charge in [0, 0.05) is 18.0 Å². The Morgan fingerprint density at radius 1 is 0.700 bits per heavy atom. The molecule has 0 spiro atoms. The van der Waals surface area contributed by atoms with Crippen LogP contribution in [0.25, 0.3) is 22.3 Å². The summed E-state index contributed by atoms with van der Waals surface area (Å²) in [4.78, 5) is 4.33. The maximum Gasteiger partial charge on any atom is 0.0620 e. The summed E-state index contributed by atoms with van der Waals surface area (Å²) < 4.78 is 0.368. The van der Waals surface area contributed by atoms with E-state index in [1.165, 1.54) is 33.4 Å². The van der Waals surface area contributed by atoms with Crippen LogP contribution in [-0.2, 0) is 0 Å².